The first kappa shape index (κ1) is 14.9. The fourth-order valence-electron chi connectivity index (χ4n) is 1.76. The molecule has 0 spiro atoms. The summed E-state index contributed by atoms with van der Waals surface area (Å²) >= 11 is 1.42. The monoisotopic (exact) mass is 302 g/mol. The fraction of sp³-hybridized carbons (Fsp3) is 0.133. The van der Waals surface area contributed by atoms with Crippen LogP contribution in [0.5, 0.6) is 0 Å². The maximum Gasteiger partial charge on any atom is 0.328 e. The number of benzene rings is 1. The second-order valence-corrected chi connectivity index (χ2v) is 5.51. The van der Waals surface area contributed by atoms with Crippen molar-refractivity contribution in [3.05, 3.63) is 51.5 Å². The molecule has 0 bridgehead atoms. The normalized spacial score (nSPS) is 10.8. The zero-order valence-electron chi connectivity index (χ0n) is 11.6. The Bertz CT molecular complexity index is 719. The van der Waals surface area contributed by atoms with Gasteiger partial charge in [0.25, 0.3) is 5.91 Å². The second kappa shape index (κ2) is 6.32. The lowest BCUT2D eigenvalue weighted by atomic mass is 10.1. The number of carboxylic acid groups (broad SMARTS) is 1. The van der Waals surface area contributed by atoms with E-state index in [0.29, 0.717) is 11.4 Å². The van der Waals surface area contributed by atoms with E-state index >= 15 is 0 Å². The molecule has 21 heavy (non-hydrogen) atoms. The van der Waals surface area contributed by atoms with E-state index in [1.807, 2.05) is 13.8 Å². The van der Waals surface area contributed by atoms with Gasteiger partial charge in [-0.15, -0.1) is 11.3 Å². The first-order valence-corrected chi connectivity index (χ1v) is 7.09. The SMILES string of the molecule is Cc1nc(C(=O)Nc2ccc(/C=C/C(=O)O)c(C)c2)cs1. The summed E-state index contributed by atoms with van der Waals surface area (Å²) < 4.78 is 0. The number of amides is 1. The summed E-state index contributed by atoms with van der Waals surface area (Å²) in [4.78, 5) is 26.6. The summed E-state index contributed by atoms with van der Waals surface area (Å²) in [5, 5.41) is 13.9. The predicted octanol–water partition coefficient (Wildman–Crippen LogP) is 3.11. The van der Waals surface area contributed by atoms with Crippen molar-refractivity contribution in [1.29, 1.82) is 0 Å². The summed E-state index contributed by atoms with van der Waals surface area (Å²) in [5.74, 6) is -1.25. The summed E-state index contributed by atoms with van der Waals surface area (Å²) in [6.07, 6.45) is 2.60. The lowest BCUT2D eigenvalue weighted by molar-refractivity contribution is -0.131. The number of nitrogens with zero attached hydrogens (tertiary/aromatic N) is 1. The van der Waals surface area contributed by atoms with Gasteiger partial charge in [0.05, 0.1) is 5.01 Å². The number of nitrogens with one attached hydrogen (secondary N) is 1. The minimum absolute atomic E-state index is 0.257. The lowest BCUT2D eigenvalue weighted by Gasteiger charge is -2.06. The van der Waals surface area contributed by atoms with Crippen molar-refractivity contribution in [2.75, 3.05) is 5.32 Å². The first-order valence-electron chi connectivity index (χ1n) is 6.21. The van der Waals surface area contributed by atoms with E-state index in [-0.39, 0.29) is 5.91 Å². The molecule has 5 nitrogen and oxygen atoms in total. The highest BCUT2D eigenvalue weighted by molar-refractivity contribution is 7.09. The first-order chi connectivity index (χ1) is 9.95. The Hall–Kier alpha value is -2.47. The van der Waals surface area contributed by atoms with Gasteiger partial charge in [0.1, 0.15) is 5.69 Å². The number of rotatable bonds is 4. The molecule has 1 amide bonds. The standard InChI is InChI=1S/C15H14N2O3S/c1-9-7-12(5-3-11(9)4-6-14(18)19)17-15(20)13-8-21-10(2)16-13/h3-8H,1-2H3,(H,17,20)(H,18,19)/b6-4+. The van der Waals surface area contributed by atoms with Gasteiger partial charge in [-0.05, 0) is 43.2 Å². The Kier molecular flexibility index (Phi) is 4.49. The Balaban J connectivity index is 2.13. The van der Waals surface area contributed by atoms with Crippen LogP contribution in [0, 0.1) is 13.8 Å². The molecule has 0 aliphatic heterocycles. The molecule has 2 N–H and O–H groups in total. The van der Waals surface area contributed by atoms with Crippen molar-refractivity contribution in [2.24, 2.45) is 0 Å². The number of aromatic nitrogens is 1. The molecule has 0 atom stereocenters. The molecule has 0 radical (unpaired) electrons. The van der Waals surface area contributed by atoms with Gasteiger partial charge >= 0.3 is 5.97 Å². The molecule has 1 heterocycles. The molecule has 0 aliphatic rings. The summed E-state index contributed by atoms with van der Waals surface area (Å²) in [6.45, 7) is 3.69. The Morgan fingerprint density at radius 2 is 2.10 bits per heavy atom. The average Bonchev–Trinajstić information content (AvgIpc) is 2.84. The third kappa shape index (κ3) is 4.00. The lowest BCUT2D eigenvalue weighted by Crippen LogP contribution is -2.12. The smallest absolute Gasteiger partial charge is 0.328 e. The Labute approximate surface area is 126 Å². The van der Waals surface area contributed by atoms with E-state index in [1.54, 1.807) is 23.6 Å². The molecule has 108 valence electrons. The van der Waals surface area contributed by atoms with Gasteiger partial charge in [0.2, 0.25) is 0 Å². The van der Waals surface area contributed by atoms with Gasteiger partial charge in [-0.2, -0.15) is 0 Å². The minimum Gasteiger partial charge on any atom is -0.478 e. The van der Waals surface area contributed by atoms with Crippen LogP contribution in [-0.4, -0.2) is 22.0 Å². The highest BCUT2D eigenvalue weighted by Gasteiger charge is 2.09. The van der Waals surface area contributed by atoms with Gasteiger partial charge in [0, 0.05) is 17.1 Å². The summed E-state index contributed by atoms with van der Waals surface area (Å²) in [7, 11) is 0. The molecule has 1 aromatic carbocycles. The number of hydrogen-bond donors (Lipinski definition) is 2. The van der Waals surface area contributed by atoms with Crippen molar-refractivity contribution >= 4 is 35.0 Å². The van der Waals surface area contributed by atoms with Crippen LogP contribution in [-0.2, 0) is 4.79 Å². The molecule has 0 saturated carbocycles. The van der Waals surface area contributed by atoms with Gasteiger partial charge in [-0.3, -0.25) is 4.79 Å². The number of aryl methyl sites for hydroxylation is 2. The third-order valence-electron chi connectivity index (χ3n) is 2.78. The van der Waals surface area contributed by atoms with Crippen LogP contribution in [0.4, 0.5) is 5.69 Å². The molecular formula is C15H14N2O3S. The van der Waals surface area contributed by atoms with Crippen LogP contribution in [0.1, 0.15) is 26.6 Å². The number of carboxylic acids is 1. The van der Waals surface area contributed by atoms with Crippen molar-refractivity contribution in [3.63, 3.8) is 0 Å². The zero-order chi connectivity index (χ0) is 15.4. The highest BCUT2D eigenvalue weighted by atomic mass is 32.1. The third-order valence-corrected chi connectivity index (χ3v) is 3.56. The van der Waals surface area contributed by atoms with Crippen molar-refractivity contribution in [3.8, 4) is 0 Å². The van der Waals surface area contributed by atoms with Crippen LogP contribution in [0.15, 0.2) is 29.7 Å². The highest BCUT2D eigenvalue weighted by Crippen LogP contribution is 2.18. The van der Waals surface area contributed by atoms with Crippen LogP contribution in [0.2, 0.25) is 0 Å². The van der Waals surface area contributed by atoms with Crippen LogP contribution >= 0.6 is 11.3 Å². The van der Waals surface area contributed by atoms with Crippen molar-refractivity contribution < 1.29 is 14.7 Å². The molecule has 2 aromatic rings. The molecular weight excluding hydrogens is 288 g/mol. The number of anilines is 1. The number of carbonyl (C=O) groups is 2. The minimum atomic E-state index is -0.995. The number of aliphatic carboxylic acids is 1. The summed E-state index contributed by atoms with van der Waals surface area (Å²) in [6, 6.07) is 5.28. The van der Waals surface area contributed by atoms with E-state index < -0.39 is 5.97 Å². The maximum atomic E-state index is 12.0. The molecule has 0 unspecified atom stereocenters. The average molecular weight is 302 g/mol. The fourth-order valence-corrected chi connectivity index (χ4v) is 2.36. The van der Waals surface area contributed by atoms with Crippen LogP contribution in [0.3, 0.4) is 0 Å². The zero-order valence-corrected chi connectivity index (χ0v) is 12.4. The van der Waals surface area contributed by atoms with E-state index in [4.69, 9.17) is 5.11 Å². The predicted molar refractivity (Wildman–Crippen MR) is 82.7 cm³/mol. The molecule has 0 saturated heterocycles. The molecule has 1 aromatic heterocycles. The number of thiazole rings is 1. The Morgan fingerprint density at radius 3 is 2.67 bits per heavy atom. The molecule has 0 aliphatic carbocycles. The number of hydrogen-bond acceptors (Lipinski definition) is 4. The van der Waals surface area contributed by atoms with Crippen LogP contribution in [0.25, 0.3) is 6.08 Å². The molecule has 2 rings (SSSR count). The van der Waals surface area contributed by atoms with E-state index in [1.165, 1.54) is 17.4 Å². The van der Waals surface area contributed by atoms with E-state index in [2.05, 4.69) is 10.3 Å². The maximum absolute atomic E-state index is 12.0. The van der Waals surface area contributed by atoms with Gasteiger partial charge in [0.15, 0.2) is 0 Å². The molecule has 0 fully saturated rings. The van der Waals surface area contributed by atoms with Gasteiger partial charge in [-0.1, -0.05) is 6.07 Å². The number of carbonyl (C=O) groups excluding carboxylic acids is 1. The van der Waals surface area contributed by atoms with E-state index in [9.17, 15) is 9.59 Å². The van der Waals surface area contributed by atoms with E-state index in [0.717, 1.165) is 22.2 Å². The summed E-state index contributed by atoms with van der Waals surface area (Å²) in [5.41, 5.74) is 2.71. The second-order valence-electron chi connectivity index (χ2n) is 4.45. The van der Waals surface area contributed by atoms with Crippen molar-refractivity contribution in [1.82, 2.24) is 4.98 Å². The topological polar surface area (TPSA) is 79.3 Å². The largest absolute Gasteiger partial charge is 0.478 e. The van der Waals surface area contributed by atoms with Crippen molar-refractivity contribution in [2.45, 2.75) is 13.8 Å². The van der Waals surface area contributed by atoms with Crippen LogP contribution < -0.4 is 5.32 Å². The Morgan fingerprint density at radius 1 is 1.33 bits per heavy atom. The quantitative estimate of drug-likeness (QED) is 0.850. The van der Waals surface area contributed by atoms with Gasteiger partial charge in [-0.25, -0.2) is 9.78 Å². The molecule has 6 heteroatoms. The van der Waals surface area contributed by atoms with Gasteiger partial charge < -0.3 is 10.4 Å².